The minimum atomic E-state index is 0.0377. The number of aromatic amines is 1. The van der Waals surface area contributed by atoms with Gasteiger partial charge in [0.05, 0.1) is 5.39 Å². The number of quaternary nitrogens is 1. The summed E-state index contributed by atoms with van der Waals surface area (Å²) in [4.78, 5) is 23.2. The molecule has 28 heavy (non-hydrogen) atoms. The third-order valence-electron chi connectivity index (χ3n) is 6.08. The molecule has 2 aromatic heterocycles. The monoisotopic (exact) mass is 396 g/mol. The Hall–Kier alpha value is -1.98. The fraction of sp³-hybridized carbons (Fsp3) is 0.478. The van der Waals surface area contributed by atoms with E-state index >= 15 is 0 Å². The molecule has 1 aliphatic carbocycles. The Morgan fingerprint density at radius 1 is 1.32 bits per heavy atom. The number of hydrogen-bond acceptors (Lipinski definition) is 3. The molecule has 5 heteroatoms. The first kappa shape index (κ1) is 19.3. The van der Waals surface area contributed by atoms with Crippen LogP contribution in [0.5, 0.6) is 0 Å². The fourth-order valence-electron chi connectivity index (χ4n) is 4.32. The Morgan fingerprint density at radius 2 is 2.07 bits per heavy atom. The van der Waals surface area contributed by atoms with Gasteiger partial charge in [0.25, 0.3) is 5.56 Å². The minimum absolute atomic E-state index is 0.0377. The van der Waals surface area contributed by atoms with E-state index < -0.39 is 0 Å². The largest absolute Gasteiger partial charge is 0.332 e. The summed E-state index contributed by atoms with van der Waals surface area (Å²) in [6.07, 6.45) is 4.29. The highest BCUT2D eigenvalue weighted by Gasteiger charge is 2.25. The Morgan fingerprint density at radius 3 is 2.79 bits per heavy atom. The molecule has 1 aromatic carbocycles. The Balaban J connectivity index is 1.63. The molecule has 3 N–H and O–H groups in total. The SMILES string of the molecule is CC[C@@H]([NH2+][C@H](C)c1nc2sc3c(c2c(=O)[nH]1)CC[C@@H](C)C3)c1ccc(C)cc1. The standard InChI is InChI=1S/C23H29N3OS/c1-5-18(16-9-6-13(2)7-10-16)24-15(4)21-25-22(27)20-17-11-8-14(3)12-19(17)28-23(20)26-21/h6-7,9-10,14-15,18,24H,5,8,11-12H2,1-4H3,(H,25,26,27)/p+1/t14-,15-,18-/m1/s1. The molecule has 0 saturated heterocycles. The molecule has 0 unspecified atom stereocenters. The van der Waals surface area contributed by atoms with Gasteiger partial charge in [-0.2, -0.15) is 0 Å². The van der Waals surface area contributed by atoms with Gasteiger partial charge in [-0.25, -0.2) is 4.98 Å². The maximum Gasteiger partial charge on any atom is 0.260 e. The first-order valence-corrected chi connectivity index (χ1v) is 11.2. The summed E-state index contributed by atoms with van der Waals surface area (Å²) in [6, 6.07) is 9.20. The summed E-state index contributed by atoms with van der Waals surface area (Å²) in [5, 5.41) is 3.16. The number of nitrogens with one attached hydrogen (secondary N) is 1. The van der Waals surface area contributed by atoms with E-state index in [1.165, 1.54) is 28.0 Å². The molecule has 0 saturated carbocycles. The molecule has 0 aliphatic heterocycles. The summed E-state index contributed by atoms with van der Waals surface area (Å²) in [5.74, 6) is 1.49. The highest BCUT2D eigenvalue weighted by molar-refractivity contribution is 7.18. The van der Waals surface area contributed by atoms with Gasteiger partial charge in [0.2, 0.25) is 0 Å². The van der Waals surface area contributed by atoms with Gasteiger partial charge in [-0.15, -0.1) is 11.3 Å². The number of hydrogen-bond donors (Lipinski definition) is 2. The highest BCUT2D eigenvalue weighted by atomic mass is 32.1. The van der Waals surface area contributed by atoms with Crippen LogP contribution in [0.4, 0.5) is 0 Å². The van der Waals surface area contributed by atoms with Crippen LogP contribution in [0.25, 0.3) is 10.2 Å². The van der Waals surface area contributed by atoms with Gasteiger partial charge < -0.3 is 10.3 Å². The van der Waals surface area contributed by atoms with Gasteiger partial charge >= 0.3 is 0 Å². The van der Waals surface area contributed by atoms with E-state index in [0.717, 1.165) is 35.3 Å². The van der Waals surface area contributed by atoms with Gasteiger partial charge in [0, 0.05) is 16.9 Å². The summed E-state index contributed by atoms with van der Waals surface area (Å²) < 4.78 is 0. The molecule has 4 rings (SSSR count). The van der Waals surface area contributed by atoms with Crippen LogP contribution in [0.15, 0.2) is 29.1 Å². The second kappa shape index (κ2) is 7.80. The van der Waals surface area contributed by atoms with E-state index in [1.54, 1.807) is 11.3 Å². The van der Waals surface area contributed by atoms with Crippen LogP contribution in [-0.4, -0.2) is 9.97 Å². The molecule has 3 atom stereocenters. The summed E-state index contributed by atoms with van der Waals surface area (Å²) in [5.41, 5.74) is 3.89. The van der Waals surface area contributed by atoms with Gasteiger partial charge in [-0.05, 0) is 44.6 Å². The molecule has 3 aromatic rings. The average molecular weight is 397 g/mol. The molecule has 0 radical (unpaired) electrons. The van der Waals surface area contributed by atoms with Crippen molar-refractivity contribution < 1.29 is 5.32 Å². The Labute approximate surface area is 170 Å². The van der Waals surface area contributed by atoms with Crippen LogP contribution in [0, 0.1) is 12.8 Å². The van der Waals surface area contributed by atoms with E-state index in [2.05, 4.69) is 62.3 Å². The normalized spacial score (nSPS) is 18.8. The lowest BCUT2D eigenvalue weighted by molar-refractivity contribution is -0.732. The lowest BCUT2D eigenvalue weighted by Gasteiger charge is -2.19. The lowest BCUT2D eigenvalue weighted by Crippen LogP contribution is -2.85. The first-order valence-electron chi connectivity index (χ1n) is 10.4. The van der Waals surface area contributed by atoms with Crippen molar-refractivity contribution in [1.29, 1.82) is 0 Å². The summed E-state index contributed by atoms with van der Waals surface area (Å²) >= 11 is 1.73. The maximum atomic E-state index is 12.9. The number of thiophene rings is 1. The van der Waals surface area contributed by atoms with E-state index in [0.29, 0.717) is 12.0 Å². The second-order valence-electron chi connectivity index (χ2n) is 8.39. The van der Waals surface area contributed by atoms with Gasteiger partial charge in [-0.1, -0.05) is 43.7 Å². The van der Waals surface area contributed by atoms with Crippen molar-refractivity contribution in [3.05, 3.63) is 62.0 Å². The van der Waals surface area contributed by atoms with Gasteiger partial charge in [-0.3, -0.25) is 4.79 Å². The van der Waals surface area contributed by atoms with Crippen LogP contribution in [0.2, 0.25) is 0 Å². The number of fused-ring (bicyclic) bond motifs is 3. The third-order valence-corrected chi connectivity index (χ3v) is 7.23. The topological polar surface area (TPSA) is 62.4 Å². The highest BCUT2D eigenvalue weighted by Crippen LogP contribution is 2.35. The van der Waals surface area contributed by atoms with Crippen molar-refractivity contribution in [1.82, 2.24) is 9.97 Å². The molecular formula is C23H30N3OS+. The smallest absolute Gasteiger partial charge is 0.260 e. The number of aryl methyl sites for hydroxylation is 2. The molecule has 2 heterocycles. The number of benzene rings is 1. The zero-order valence-electron chi connectivity index (χ0n) is 17.2. The van der Waals surface area contributed by atoms with Crippen molar-refractivity contribution in [2.24, 2.45) is 5.92 Å². The van der Waals surface area contributed by atoms with Crippen LogP contribution < -0.4 is 10.9 Å². The average Bonchev–Trinajstić information content (AvgIpc) is 3.04. The molecule has 0 fully saturated rings. The number of H-pyrrole nitrogens is 1. The van der Waals surface area contributed by atoms with Gasteiger partial charge in [0.15, 0.2) is 5.82 Å². The molecule has 0 bridgehead atoms. The summed E-state index contributed by atoms with van der Waals surface area (Å²) in [6.45, 7) is 8.75. The predicted molar refractivity (Wildman–Crippen MR) is 116 cm³/mol. The van der Waals surface area contributed by atoms with E-state index in [1.807, 2.05) is 0 Å². The Bertz CT molecular complexity index is 1030. The maximum absolute atomic E-state index is 12.9. The minimum Gasteiger partial charge on any atom is -0.332 e. The quantitative estimate of drug-likeness (QED) is 0.679. The van der Waals surface area contributed by atoms with Crippen molar-refractivity contribution in [3.8, 4) is 0 Å². The lowest BCUT2D eigenvalue weighted by atomic mass is 9.89. The van der Waals surface area contributed by atoms with E-state index in [4.69, 9.17) is 4.98 Å². The predicted octanol–water partition coefficient (Wildman–Crippen LogP) is 4.19. The number of rotatable bonds is 5. The van der Waals surface area contributed by atoms with Crippen molar-refractivity contribution in [2.75, 3.05) is 0 Å². The third kappa shape index (κ3) is 3.65. The van der Waals surface area contributed by atoms with Crippen LogP contribution in [0.1, 0.15) is 73.1 Å². The zero-order chi connectivity index (χ0) is 19.8. The van der Waals surface area contributed by atoms with E-state index in [9.17, 15) is 4.79 Å². The fourth-order valence-corrected chi connectivity index (χ4v) is 5.71. The number of aromatic nitrogens is 2. The van der Waals surface area contributed by atoms with Gasteiger partial charge in [0.1, 0.15) is 16.9 Å². The molecule has 4 nitrogen and oxygen atoms in total. The van der Waals surface area contributed by atoms with Crippen molar-refractivity contribution in [3.63, 3.8) is 0 Å². The molecule has 0 amide bonds. The summed E-state index contributed by atoms with van der Waals surface area (Å²) in [7, 11) is 0. The van der Waals surface area contributed by atoms with Crippen LogP contribution in [0.3, 0.4) is 0 Å². The molecule has 0 spiro atoms. The molecular weight excluding hydrogens is 366 g/mol. The molecule has 148 valence electrons. The van der Waals surface area contributed by atoms with Crippen molar-refractivity contribution in [2.45, 2.75) is 65.5 Å². The van der Waals surface area contributed by atoms with Crippen molar-refractivity contribution >= 4 is 21.6 Å². The Kier molecular flexibility index (Phi) is 5.39. The zero-order valence-corrected chi connectivity index (χ0v) is 18.0. The van der Waals surface area contributed by atoms with Crippen LogP contribution >= 0.6 is 11.3 Å². The first-order chi connectivity index (χ1) is 13.5. The second-order valence-corrected chi connectivity index (χ2v) is 9.47. The molecule has 1 aliphatic rings. The van der Waals surface area contributed by atoms with Crippen LogP contribution in [-0.2, 0) is 12.8 Å². The van der Waals surface area contributed by atoms with E-state index in [-0.39, 0.29) is 11.6 Å². The number of nitrogens with two attached hydrogens (primary N) is 1. The number of nitrogens with zero attached hydrogens (tertiary/aromatic N) is 1.